The van der Waals surface area contributed by atoms with Gasteiger partial charge < -0.3 is 15.5 Å². The van der Waals surface area contributed by atoms with E-state index in [-0.39, 0.29) is 0 Å². The number of carbonyl (C=O) groups excluding carboxylic acids is 1. The Morgan fingerprint density at radius 3 is 3.05 bits per heavy atom. The van der Waals surface area contributed by atoms with Gasteiger partial charge in [-0.2, -0.15) is 5.26 Å². The van der Waals surface area contributed by atoms with Crippen molar-refractivity contribution >= 4 is 16.9 Å². The summed E-state index contributed by atoms with van der Waals surface area (Å²) in [5.41, 5.74) is 8.10. The second-order valence-corrected chi connectivity index (χ2v) is 4.22. The molecule has 1 atom stereocenters. The molecular formula is C14H15N3O2. The van der Waals surface area contributed by atoms with Gasteiger partial charge in [0.1, 0.15) is 6.04 Å². The van der Waals surface area contributed by atoms with E-state index >= 15 is 0 Å². The van der Waals surface area contributed by atoms with E-state index < -0.39 is 12.0 Å². The fourth-order valence-electron chi connectivity index (χ4n) is 2.08. The maximum Gasteiger partial charge on any atom is 0.323 e. The Bertz CT molecular complexity index is 640. The highest BCUT2D eigenvalue weighted by Gasteiger charge is 2.18. The molecule has 0 aliphatic rings. The molecule has 3 N–H and O–H groups in total. The lowest BCUT2D eigenvalue weighted by Gasteiger charge is -2.09. The summed E-state index contributed by atoms with van der Waals surface area (Å²) in [6.07, 6.45) is 2.13. The average molecular weight is 257 g/mol. The number of carbonyl (C=O) groups is 1. The van der Waals surface area contributed by atoms with E-state index in [0.717, 1.165) is 16.5 Å². The van der Waals surface area contributed by atoms with E-state index in [1.807, 2.05) is 12.1 Å². The zero-order valence-corrected chi connectivity index (χ0v) is 10.6. The molecule has 0 amide bonds. The first-order valence-electron chi connectivity index (χ1n) is 6.08. The quantitative estimate of drug-likeness (QED) is 0.811. The largest absolute Gasteiger partial charge is 0.465 e. The van der Waals surface area contributed by atoms with Gasteiger partial charge >= 0.3 is 5.97 Å². The lowest BCUT2D eigenvalue weighted by molar-refractivity contribution is -0.144. The number of aromatic amines is 1. The Morgan fingerprint density at radius 1 is 1.58 bits per heavy atom. The van der Waals surface area contributed by atoms with Crippen LogP contribution in [0.5, 0.6) is 0 Å². The van der Waals surface area contributed by atoms with E-state index in [0.29, 0.717) is 18.6 Å². The molecule has 1 aromatic heterocycles. The van der Waals surface area contributed by atoms with Gasteiger partial charge in [0.25, 0.3) is 0 Å². The molecule has 0 bridgehead atoms. The molecule has 2 aromatic rings. The average Bonchev–Trinajstić information content (AvgIpc) is 2.82. The number of nitriles is 1. The molecule has 1 heterocycles. The van der Waals surface area contributed by atoms with Gasteiger partial charge in [-0.15, -0.1) is 0 Å². The molecule has 0 aliphatic carbocycles. The standard InChI is InChI=1S/C14H15N3O2/c1-2-19-14(18)11(16)6-10-8-17-12-5-3-4-9(7-15)13(10)12/h3-5,8,11,17H,2,6,16H2,1H3. The SMILES string of the molecule is CCOC(=O)C(N)Cc1c[nH]c2cccc(C#N)c12. The number of benzene rings is 1. The molecule has 19 heavy (non-hydrogen) atoms. The van der Waals surface area contributed by atoms with Crippen LogP contribution >= 0.6 is 0 Å². The second-order valence-electron chi connectivity index (χ2n) is 4.22. The number of H-pyrrole nitrogens is 1. The van der Waals surface area contributed by atoms with Crippen molar-refractivity contribution in [2.45, 2.75) is 19.4 Å². The van der Waals surface area contributed by atoms with Crippen molar-refractivity contribution in [1.82, 2.24) is 4.98 Å². The van der Waals surface area contributed by atoms with Crippen molar-refractivity contribution in [3.8, 4) is 6.07 Å². The highest BCUT2D eigenvalue weighted by atomic mass is 16.5. The normalized spacial score (nSPS) is 12.1. The summed E-state index contributed by atoms with van der Waals surface area (Å²) in [5, 5.41) is 9.94. The first-order valence-corrected chi connectivity index (χ1v) is 6.08. The predicted octanol–water partition coefficient (Wildman–Crippen LogP) is 1.47. The molecule has 2 rings (SSSR count). The maximum atomic E-state index is 11.5. The molecule has 98 valence electrons. The summed E-state index contributed by atoms with van der Waals surface area (Å²) in [4.78, 5) is 14.6. The van der Waals surface area contributed by atoms with Crippen molar-refractivity contribution in [2.24, 2.45) is 5.73 Å². The number of rotatable bonds is 4. The molecule has 0 fully saturated rings. The van der Waals surface area contributed by atoms with Crippen molar-refractivity contribution in [3.05, 3.63) is 35.5 Å². The summed E-state index contributed by atoms with van der Waals surface area (Å²) in [7, 11) is 0. The Kier molecular flexibility index (Phi) is 3.83. The molecule has 0 spiro atoms. The molecule has 1 unspecified atom stereocenters. The third-order valence-electron chi connectivity index (χ3n) is 2.94. The number of esters is 1. The van der Waals surface area contributed by atoms with E-state index in [4.69, 9.17) is 15.7 Å². The van der Waals surface area contributed by atoms with Crippen LogP contribution in [0.25, 0.3) is 10.9 Å². The zero-order valence-electron chi connectivity index (χ0n) is 10.6. The molecule has 1 aromatic carbocycles. The zero-order chi connectivity index (χ0) is 13.8. The topological polar surface area (TPSA) is 91.9 Å². The van der Waals surface area contributed by atoms with Crippen molar-refractivity contribution < 1.29 is 9.53 Å². The summed E-state index contributed by atoms with van der Waals surface area (Å²) in [5.74, 6) is -0.425. The summed E-state index contributed by atoms with van der Waals surface area (Å²) < 4.78 is 4.88. The number of nitrogens with one attached hydrogen (secondary N) is 1. The maximum absolute atomic E-state index is 11.5. The monoisotopic (exact) mass is 257 g/mol. The minimum absolute atomic E-state index is 0.309. The first kappa shape index (κ1) is 13.1. The minimum Gasteiger partial charge on any atom is -0.465 e. The molecule has 5 nitrogen and oxygen atoms in total. The molecular weight excluding hydrogens is 242 g/mol. The van der Waals surface area contributed by atoms with Gasteiger partial charge in [-0.3, -0.25) is 4.79 Å². The van der Waals surface area contributed by atoms with Gasteiger partial charge in [0.05, 0.1) is 18.2 Å². The molecule has 0 saturated heterocycles. The number of ether oxygens (including phenoxy) is 1. The number of hydrogen-bond acceptors (Lipinski definition) is 4. The minimum atomic E-state index is -0.717. The van der Waals surface area contributed by atoms with Gasteiger partial charge in [0.2, 0.25) is 0 Å². The number of fused-ring (bicyclic) bond motifs is 1. The first-order chi connectivity index (χ1) is 9.17. The van der Waals surface area contributed by atoms with Gasteiger partial charge in [-0.25, -0.2) is 0 Å². The lowest BCUT2D eigenvalue weighted by atomic mass is 10.0. The summed E-state index contributed by atoms with van der Waals surface area (Å²) >= 11 is 0. The van der Waals surface area contributed by atoms with E-state index in [2.05, 4.69) is 11.1 Å². The number of nitrogens with two attached hydrogens (primary N) is 1. The van der Waals surface area contributed by atoms with Gasteiger partial charge in [0, 0.05) is 23.5 Å². The van der Waals surface area contributed by atoms with Crippen LogP contribution in [-0.2, 0) is 16.0 Å². The Morgan fingerprint density at radius 2 is 2.37 bits per heavy atom. The van der Waals surface area contributed by atoms with Gasteiger partial charge in [0.15, 0.2) is 0 Å². The smallest absolute Gasteiger partial charge is 0.323 e. The van der Waals surface area contributed by atoms with Crippen LogP contribution in [0.2, 0.25) is 0 Å². The fourth-order valence-corrected chi connectivity index (χ4v) is 2.08. The Labute approximate surface area is 111 Å². The Balaban J connectivity index is 2.31. The van der Waals surface area contributed by atoms with Crippen molar-refractivity contribution in [3.63, 3.8) is 0 Å². The summed E-state index contributed by atoms with van der Waals surface area (Å²) in [6, 6.07) is 6.87. The highest BCUT2D eigenvalue weighted by Crippen LogP contribution is 2.23. The molecule has 0 aliphatic heterocycles. The third kappa shape index (κ3) is 2.59. The van der Waals surface area contributed by atoms with Crippen LogP contribution in [0, 0.1) is 11.3 Å². The van der Waals surface area contributed by atoms with Crippen molar-refractivity contribution in [1.29, 1.82) is 5.26 Å². The fraction of sp³-hybridized carbons (Fsp3) is 0.286. The molecule has 0 radical (unpaired) electrons. The number of nitrogens with zero attached hydrogens (tertiary/aromatic N) is 1. The van der Waals surface area contributed by atoms with E-state index in [9.17, 15) is 4.79 Å². The van der Waals surface area contributed by atoms with Crippen LogP contribution in [0.15, 0.2) is 24.4 Å². The van der Waals surface area contributed by atoms with Gasteiger partial charge in [-0.05, 0) is 24.6 Å². The number of aromatic nitrogens is 1. The Hall–Kier alpha value is -2.32. The van der Waals surface area contributed by atoms with Crippen LogP contribution in [0.1, 0.15) is 18.1 Å². The van der Waals surface area contributed by atoms with Crippen LogP contribution < -0.4 is 5.73 Å². The third-order valence-corrected chi connectivity index (χ3v) is 2.94. The number of hydrogen-bond donors (Lipinski definition) is 2. The van der Waals surface area contributed by atoms with Gasteiger partial charge in [-0.1, -0.05) is 6.07 Å². The highest BCUT2D eigenvalue weighted by molar-refractivity contribution is 5.89. The second kappa shape index (κ2) is 5.55. The lowest BCUT2D eigenvalue weighted by Crippen LogP contribution is -2.34. The summed E-state index contributed by atoms with van der Waals surface area (Å²) in [6.45, 7) is 2.05. The predicted molar refractivity (Wildman–Crippen MR) is 71.3 cm³/mol. The van der Waals surface area contributed by atoms with Crippen LogP contribution in [0.4, 0.5) is 0 Å². The molecule has 0 saturated carbocycles. The van der Waals surface area contributed by atoms with E-state index in [1.165, 1.54) is 0 Å². The van der Waals surface area contributed by atoms with Crippen LogP contribution in [-0.4, -0.2) is 23.6 Å². The van der Waals surface area contributed by atoms with E-state index in [1.54, 1.807) is 19.2 Å². The molecule has 5 heteroatoms. The van der Waals surface area contributed by atoms with Crippen molar-refractivity contribution in [2.75, 3.05) is 6.61 Å². The van der Waals surface area contributed by atoms with Crippen LogP contribution in [0.3, 0.4) is 0 Å².